The molecule has 3 aliphatic heterocycles. The van der Waals surface area contributed by atoms with Crippen LogP contribution in [-0.2, 0) is 6.54 Å². The van der Waals surface area contributed by atoms with Crippen LogP contribution in [0.25, 0.3) is 0 Å². The van der Waals surface area contributed by atoms with Crippen LogP contribution in [-0.4, -0.2) is 41.4 Å². The summed E-state index contributed by atoms with van der Waals surface area (Å²) >= 11 is 0. The maximum atomic E-state index is 13.6. The fraction of sp³-hybridized carbons (Fsp3) is 0.304. The molecule has 0 radical (unpaired) electrons. The van der Waals surface area contributed by atoms with Crippen molar-refractivity contribution in [3.8, 4) is 0 Å². The monoisotopic (exact) mass is 423 g/mol. The first-order valence-corrected chi connectivity index (χ1v) is 10.3. The van der Waals surface area contributed by atoms with Crippen LogP contribution in [0.5, 0.6) is 0 Å². The van der Waals surface area contributed by atoms with Gasteiger partial charge in [-0.25, -0.2) is 18.6 Å². The molecular formula is C23H23F2N5O. The number of hydrogen-bond acceptors (Lipinski definition) is 4. The number of aliphatic imine (C=N–C) groups is 1. The predicted octanol–water partition coefficient (Wildman–Crippen LogP) is 3.73. The zero-order valence-electron chi connectivity index (χ0n) is 17.1. The number of anilines is 1. The van der Waals surface area contributed by atoms with Crippen LogP contribution in [0.2, 0.25) is 0 Å². The molecule has 1 fully saturated rings. The van der Waals surface area contributed by atoms with Crippen LogP contribution in [0.1, 0.15) is 12.5 Å². The van der Waals surface area contributed by atoms with Crippen molar-refractivity contribution in [1.29, 1.82) is 0 Å². The lowest BCUT2D eigenvalue weighted by atomic mass is 9.96. The summed E-state index contributed by atoms with van der Waals surface area (Å²) in [5, 5.41) is 2.95. The molecular weight excluding hydrogens is 400 g/mol. The van der Waals surface area contributed by atoms with Crippen molar-refractivity contribution in [3.63, 3.8) is 0 Å². The fourth-order valence-electron chi connectivity index (χ4n) is 4.45. The maximum absolute atomic E-state index is 13.6. The van der Waals surface area contributed by atoms with E-state index in [2.05, 4.69) is 17.1 Å². The Balaban J connectivity index is 1.33. The lowest BCUT2D eigenvalue weighted by molar-refractivity contribution is 0.216. The Hall–Kier alpha value is -3.26. The van der Waals surface area contributed by atoms with Gasteiger partial charge >= 0.3 is 6.03 Å². The Labute approximate surface area is 179 Å². The van der Waals surface area contributed by atoms with Crippen LogP contribution in [0.3, 0.4) is 0 Å². The lowest BCUT2D eigenvalue weighted by Gasteiger charge is -2.28. The van der Waals surface area contributed by atoms with Gasteiger partial charge in [-0.1, -0.05) is 25.1 Å². The molecule has 8 heteroatoms. The van der Waals surface area contributed by atoms with Gasteiger partial charge in [0.25, 0.3) is 0 Å². The number of amides is 2. The summed E-state index contributed by atoms with van der Waals surface area (Å²) in [5.41, 5.74) is 1.73. The Morgan fingerprint density at radius 3 is 2.68 bits per heavy atom. The topological polar surface area (TPSA) is 51.2 Å². The first-order valence-electron chi connectivity index (χ1n) is 10.3. The number of nitrogens with zero attached hydrogens (tertiary/aromatic N) is 4. The fourth-order valence-corrected chi connectivity index (χ4v) is 4.45. The minimum Gasteiger partial charge on any atom is -0.325 e. The molecule has 2 aromatic rings. The number of halogens is 2. The molecule has 0 bridgehead atoms. The number of fused-ring (bicyclic) bond motifs is 1. The highest BCUT2D eigenvalue weighted by molar-refractivity contribution is 6.02. The number of urea groups is 1. The first kappa shape index (κ1) is 19.7. The summed E-state index contributed by atoms with van der Waals surface area (Å²) in [4.78, 5) is 23.1. The van der Waals surface area contributed by atoms with Gasteiger partial charge in [-0.3, -0.25) is 15.1 Å². The molecule has 160 valence electrons. The predicted molar refractivity (Wildman–Crippen MR) is 114 cm³/mol. The average molecular weight is 423 g/mol. The summed E-state index contributed by atoms with van der Waals surface area (Å²) in [7, 11) is 0. The van der Waals surface area contributed by atoms with E-state index in [0.717, 1.165) is 25.2 Å². The highest BCUT2D eigenvalue weighted by Gasteiger charge is 2.39. The van der Waals surface area contributed by atoms with Crippen LogP contribution in [0.4, 0.5) is 19.3 Å². The van der Waals surface area contributed by atoms with E-state index in [9.17, 15) is 13.6 Å². The summed E-state index contributed by atoms with van der Waals surface area (Å²) in [6.07, 6.45) is 1.78. The summed E-state index contributed by atoms with van der Waals surface area (Å²) in [6.45, 7) is 4.80. The molecule has 1 saturated heterocycles. The molecule has 6 nitrogen and oxygen atoms in total. The van der Waals surface area contributed by atoms with Crippen LogP contribution >= 0.6 is 0 Å². The van der Waals surface area contributed by atoms with E-state index in [1.165, 1.54) is 24.3 Å². The largest absolute Gasteiger partial charge is 0.329 e. The molecule has 3 aliphatic rings. The van der Waals surface area contributed by atoms with Gasteiger partial charge in [0.2, 0.25) is 0 Å². The minimum atomic E-state index is -0.324. The SMILES string of the molecule is CC1CN(Cc2ccc(F)cc2)CC1C1=NC2=CN(c3cccc(F)c3)CN2C(=O)N1. The maximum Gasteiger partial charge on any atom is 0.329 e. The third kappa shape index (κ3) is 3.90. The molecule has 2 unspecified atom stereocenters. The van der Waals surface area contributed by atoms with E-state index < -0.39 is 0 Å². The molecule has 2 atom stereocenters. The summed E-state index contributed by atoms with van der Waals surface area (Å²) in [5.74, 6) is 1.07. The van der Waals surface area contributed by atoms with Gasteiger partial charge in [0, 0.05) is 37.4 Å². The van der Waals surface area contributed by atoms with Crippen LogP contribution in [0, 0.1) is 23.5 Å². The second-order valence-corrected chi connectivity index (χ2v) is 8.34. The van der Waals surface area contributed by atoms with Gasteiger partial charge in [-0.15, -0.1) is 0 Å². The molecule has 0 aromatic heterocycles. The first-order chi connectivity index (χ1) is 15.0. The Kier molecular flexibility index (Phi) is 4.94. The number of rotatable bonds is 4. The van der Waals surface area contributed by atoms with Crippen molar-refractivity contribution in [2.45, 2.75) is 13.5 Å². The number of amidine groups is 1. The van der Waals surface area contributed by atoms with Gasteiger partial charge in [0.15, 0.2) is 5.82 Å². The van der Waals surface area contributed by atoms with E-state index in [4.69, 9.17) is 4.99 Å². The molecule has 0 aliphatic carbocycles. The van der Waals surface area contributed by atoms with Gasteiger partial charge in [0.05, 0.1) is 0 Å². The van der Waals surface area contributed by atoms with Gasteiger partial charge in [0.1, 0.15) is 24.1 Å². The molecule has 0 saturated carbocycles. The van der Waals surface area contributed by atoms with E-state index in [1.807, 2.05) is 4.90 Å². The molecule has 2 aromatic carbocycles. The van der Waals surface area contributed by atoms with Crippen LogP contribution in [0.15, 0.2) is 65.5 Å². The van der Waals surface area contributed by atoms with Crippen molar-refractivity contribution in [3.05, 3.63) is 77.7 Å². The normalized spacial score (nSPS) is 23.5. The van der Waals surface area contributed by atoms with Crippen molar-refractivity contribution in [2.24, 2.45) is 16.8 Å². The van der Waals surface area contributed by atoms with E-state index in [0.29, 0.717) is 23.3 Å². The second kappa shape index (κ2) is 7.77. The Morgan fingerprint density at radius 2 is 1.90 bits per heavy atom. The number of carbonyl (C=O) groups is 1. The van der Waals surface area contributed by atoms with E-state index >= 15 is 0 Å². The Morgan fingerprint density at radius 1 is 1.10 bits per heavy atom. The van der Waals surface area contributed by atoms with Gasteiger partial charge in [-0.2, -0.15) is 0 Å². The zero-order valence-corrected chi connectivity index (χ0v) is 17.1. The third-order valence-corrected chi connectivity index (χ3v) is 6.06. The molecule has 3 heterocycles. The smallest absolute Gasteiger partial charge is 0.325 e. The lowest BCUT2D eigenvalue weighted by Crippen LogP contribution is -2.49. The van der Waals surface area contributed by atoms with Crippen molar-refractivity contribution in [2.75, 3.05) is 24.7 Å². The standard InChI is InChI=1S/C23H23F2N5O/c1-15-10-28(11-16-5-7-17(24)8-6-16)12-20(15)22-26-21-13-29(14-30(21)23(31)27-22)19-4-2-3-18(25)9-19/h2-9,13,15,20H,10-12,14H2,1H3,(H,26,27,31). The summed E-state index contributed by atoms with van der Waals surface area (Å²) in [6, 6.07) is 12.6. The molecule has 2 amide bonds. The molecule has 0 spiro atoms. The number of benzene rings is 2. The minimum absolute atomic E-state index is 0.0932. The van der Waals surface area contributed by atoms with Gasteiger partial charge < -0.3 is 4.90 Å². The number of nitrogens with one attached hydrogen (secondary N) is 1. The highest BCUT2D eigenvalue weighted by atomic mass is 19.1. The number of carbonyl (C=O) groups excluding carboxylic acids is 1. The number of likely N-dealkylation sites (tertiary alicyclic amines) is 1. The second-order valence-electron chi connectivity index (χ2n) is 8.34. The van der Waals surface area contributed by atoms with Gasteiger partial charge in [-0.05, 0) is 41.8 Å². The average Bonchev–Trinajstić information content (AvgIpc) is 3.33. The number of hydrogen-bond donors (Lipinski definition) is 1. The Bertz CT molecular complexity index is 1070. The van der Waals surface area contributed by atoms with Crippen LogP contribution < -0.4 is 10.2 Å². The van der Waals surface area contributed by atoms with E-state index in [-0.39, 0.29) is 30.3 Å². The van der Waals surface area contributed by atoms with Crippen molar-refractivity contribution in [1.82, 2.24) is 15.1 Å². The molecule has 5 rings (SSSR count). The zero-order chi connectivity index (χ0) is 21.5. The highest BCUT2D eigenvalue weighted by Crippen LogP contribution is 2.30. The van der Waals surface area contributed by atoms with Crippen molar-refractivity contribution >= 4 is 17.6 Å². The third-order valence-electron chi connectivity index (χ3n) is 6.06. The van der Waals surface area contributed by atoms with E-state index in [1.54, 1.807) is 35.4 Å². The summed E-state index contributed by atoms with van der Waals surface area (Å²) < 4.78 is 26.8. The quantitative estimate of drug-likeness (QED) is 0.815. The van der Waals surface area contributed by atoms with Crippen molar-refractivity contribution < 1.29 is 13.6 Å². The molecule has 31 heavy (non-hydrogen) atoms. The molecule has 1 N–H and O–H groups in total.